The van der Waals surface area contributed by atoms with Crippen LogP contribution in [0.2, 0.25) is 0 Å². The van der Waals surface area contributed by atoms with Gasteiger partial charge in [-0.1, -0.05) is 0 Å². The summed E-state index contributed by atoms with van der Waals surface area (Å²) < 4.78 is 8.43. The molecule has 0 saturated carbocycles. The van der Waals surface area contributed by atoms with Gasteiger partial charge in [0.15, 0.2) is 0 Å². The van der Waals surface area contributed by atoms with Gasteiger partial charge in [-0.3, -0.25) is 4.79 Å². The van der Waals surface area contributed by atoms with Gasteiger partial charge in [0.1, 0.15) is 12.3 Å². The monoisotopic (exact) mass is 270 g/mol. The van der Waals surface area contributed by atoms with Gasteiger partial charge in [0, 0.05) is 17.9 Å². The van der Waals surface area contributed by atoms with Gasteiger partial charge in [0.25, 0.3) is 6.33 Å². The van der Waals surface area contributed by atoms with E-state index in [1.807, 2.05) is 19.1 Å². The third-order valence-electron chi connectivity index (χ3n) is 2.34. The van der Waals surface area contributed by atoms with Gasteiger partial charge in [0.05, 0.1) is 6.26 Å². The van der Waals surface area contributed by atoms with Crippen LogP contribution in [0.15, 0.2) is 35.5 Å². The molecule has 1 N–H and O–H groups in total. The molecular formula is C11H15ClN4O2. The second kappa shape index (κ2) is 6.80. The fourth-order valence-corrected chi connectivity index (χ4v) is 1.44. The molecule has 0 spiro atoms. The van der Waals surface area contributed by atoms with Crippen LogP contribution < -0.4 is 22.5 Å². The number of aromatic nitrogens is 3. The summed E-state index contributed by atoms with van der Waals surface area (Å²) in [5.74, 6) is 0.747. The number of amides is 1. The van der Waals surface area contributed by atoms with Gasteiger partial charge < -0.3 is 16.8 Å². The van der Waals surface area contributed by atoms with E-state index in [4.69, 9.17) is 4.42 Å². The molecule has 0 aromatic carbocycles. The van der Waals surface area contributed by atoms with Crippen LogP contribution in [0, 0.1) is 0 Å². The fourth-order valence-electron chi connectivity index (χ4n) is 1.44. The fraction of sp³-hybridized carbons (Fsp3) is 0.364. The topological polar surface area (TPSA) is 63.9 Å². The van der Waals surface area contributed by atoms with Crippen LogP contribution in [0.1, 0.15) is 19.1 Å². The summed E-state index contributed by atoms with van der Waals surface area (Å²) in [5, 5.41) is 4.04. The molecule has 2 aromatic rings. The van der Waals surface area contributed by atoms with Gasteiger partial charge in [-0.2, -0.15) is 0 Å². The highest BCUT2D eigenvalue weighted by molar-refractivity contribution is 5.81. The van der Waals surface area contributed by atoms with Gasteiger partial charge in [0.2, 0.25) is 12.2 Å². The number of rotatable bonds is 5. The number of aryl methyl sites for hydroxylation is 2. The molecule has 2 rings (SSSR count). The highest BCUT2D eigenvalue weighted by Crippen LogP contribution is 2.02. The number of halogens is 1. The lowest BCUT2D eigenvalue weighted by Crippen LogP contribution is -3.00. The zero-order valence-corrected chi connectivity index (χ0v) is 10.8. The van der Waals surface area contributed by atoms with E-state index in [0.717, 1.165) is 12.3 Å². The summed E-state index contributed by atoms with van der Waals surface area (Å²) in [7, 11) is 0. The van der Waals surface area contributed by atoms with E-state index in [1.165, 1.54) is 0 Å². The van der Waals surface area contributed by atoms with E-state index in [0.29, 0.717) is 12.8 Å². The first kappa shape index (κ1) is 14.2. The quantitative estimate of drug-likeness (QED) is 0.611. The number of carbonyl (C=O) groups excluding carboxylic acids is 1. The van der Waals surface area contributed by atoms with Crippen LogP contribution in [0.25, 0.3) is 0 Å². The standard InChI is InChI=1S/C11H14N4O2.ClH/c1-2-14-9-15(8-12-14)13-11(16)6-5-10-4-3-7-17-10;/h3-4,7-9H,2,5-6H2,1H3;1H. The lowest BCUT2D eigenvalue weighted by atomic mass is 10.2. The van der Waals surface area contributed by atoms with Crippen LogP contribution in [0.4, 0.5) is 0 Å². The van der Waals surface area contributed by atoms with E-state index in [1.54, 1.807) is 28.3 Å². The molecule has 2 heterocycles. The number of furan rings is 1. The molecule has 0 fully saturated rings. The molecule has 0 aliphatic carbocycles. The van der Waals surface area contributed by atoms with Gasteiger partial charge in [-0.15, -0.1) is 9.36 Å². The summed E-state index contributed by atoms with van der Waals surface area (Å²) in [5.41, 5.74) is 2.71. The maximum Gasteiger partial charge on any atom is 0.287 e. The van der Waals surface area contributed by atoms with E-state index < -0.39 is 0 Å². The van der Waals surface area contributed by atoms with Crippen molar-refractivity contribution in [3.05, 3.63) is 36.8 Å². The molecule has 0 unspecified atom stereocenters. The highest BCUT2D eigenvalue weighted by atomic mass is 35.5. The van der Waals surface area contributed by atoms with Crippen molar-refractivity contribution >= 4 is 5.91 Å². The lowest BCUT2D eigenvalue weighted by Gasteiger charge is -1.99. The van der Waals surface area contributed by atoms with Gasteiger partial charge >= 0.3 is 0 Å². The maximum atomic E-state index is 11.6. The number of hydrogen-bond donors (Lipinski definition) is 1. The Morgan fingerprint density at radius 3 is 3.06 bits per heavy atom. The van der Waals surface area contributed by atoms with Gasteiger partial charge in [-0.05, 0) is 19.1 Å². The predicted octanol–water partition coefficient (Wildman–Crippen LogP) is -2.51. The zero-order chi connectivity index (χ0) is 12.1. The van der Waals surface area contributed by atoms with E-state index in [9.17, 15) is 4.79 Å². The van der Waals surface area contributed by atoms with Crippen LogP contribution in [-0.4, -0.2) is 15.7 Å². The molecule has 6 nitrogen and oxygen atoms in total. The second-order valence-electron chi connectivity index (χ2n) is 3.62. The minimum atomic E-state index is -0.0675. The molecule has 18 heavy (non-hydrogen) atoms. The van der Waals surface area contributed by atoms with E-state index >= 15 is 0 Å². The third-order valence-corrected chi connectivity index (χ3v) is 2.34. The van der Waals surface area contributed by atoms with Crippen molar-refractivity contribution in [2.45, 2.75) is 26.3 Å². The molecule has 98 valence electrons. The van der Waals surface area contributed by atoms with Crippen LogP contribution in [-0.2, 0) is 17.8 Å². The molecule has 0 saturated heterocycles. The second-order valence-corrected chi connectivity index (χ2v) is 3.62. The molecule has 0 aliphatic rings. The smallest absolute Gasteiger partial charge is 0.287 e. The molecule has 0 aliphatic heterocycles. The number of nitrogens with zero attached hydrogens (tertiary/aromatic N) is 3. The first-order valence-corrected chi connectivity index (χ1v) is 5.54. The van der Waals surface area contributed by atoms with Crippen LogP contribution in [0.3, 0.4) is 0 Å². The lowest BCUT2D eigenvalue weighted by molar-refractivity contribution is -0.643. The van der Waals surface area contributed by atoms with E-state index in [-0.39, 0.29) is 18.3 Å². The normalized spacial score (nSPS) is 9.83. The number of nitrogens with one attached hydrogen (secondary N) is 1. The SMILES string of the molecule is CCn1c[n+](NC(=O)CCc2ccco2)cn1.[Cl-]. The summed E-state index contributed by atoms with van der Waals surface area (Å²) in [4.78, 5) is 11.6. The molecule has 7 heteroatoms. The molecular weight excluding hydrogens is 256 g/mol. The number of carbonyl (C=O) groups is 1. The Balaban J connectivity index is 0.00000162. The first-order chi connectivity index (χ1) is 8.28. The van der Waals surface area contributed by atoms with Crippen molar-refractivity contribution in [1.82, 2.24) is 9.78 Å². The molecule has 1 amide bonds. The maximum absolute atomic E-state index is 11.6. The summed E-state index contributed by atoms with van der Waals surface area (Å²) in [6.45, 7) is 2.76. The van der Waals surface area contributed by atoms with E-state index in [2.05, 4.69) is 10.5 Å². The van der Waals surface area contributed by atoms with Crippen LogP contribution in [0.5, 0.6) is 0 Å². The average Bonchev–Trinajstić information content (AvgIpc) is 2.97. The summed E-state index contributed by atoms with van der Waals surface area (Å²) >= 11 is 0. The Kier molecular flexibility index (Phi) is 5.38. The molecule has 0 radical (unpaired) electrons. The number of hydrogen-bond acceptors (Lipinski definition) is 3. The molecule has 0 atom stereocenters. The van der Waals surface area contributed by atoms with Crippen LogP contribution >= 0.6 is 0 Å². The Hall–Kier alpha value is -1.82. The van der Waals surface area contributed by atoms with Crippen molar-refractivity contribution in [2.24, 2.45) is 0 Å². The summed E-state index contributed by atoms with van der Waals surface area (Å²) in [6, 6.07) is 3.67. The highest BCUT2D eigenvalue weighted by Gasteiger charge is 2.08. The van der Waals surface area contributed by atoms with Crippen molar-refractivity contribution < 1.29 is 26.3 Å². The van der Waals surface area contributed by atoms with Crippen molar-refractivity contribution in [1.29, 1.82) is 0 Å². The Morgan fingerprint density at radius 1 is 1.61 bits per heavy atom. The summed E-state index contributed by atoms with van der Waals surface area (Å²) in [6.07, 6.45) is 5.88. The van der Waals surface area contributed by atoms with Crippen molar-refractivity contribution in [3.8, 4) is 0 Å². The minimum absolute atomic E-state index is 0. The third kappa shape index (κ3) is 3.89. The Labute approximate surface area is 111 Å². The Bertz CT molecular complexity index is 481. The van der Waals surface area contributed by atoms with Crippen molar-refractivity contribution in [2.75, 3.05) is 5.43 Å². The first-order valence-electron chi connectivity index (χ1n) is 5.54. The predicted molar refractivity (Wildman–Crippen MR) is 59.5 cm³/mol. The average molecular weight is 271 g/mol. The zero-order valence-electron chi connectivity index (χ0n) is 10.0. The van der Waals surface area contributed by atoms with Gasteiger partial charge in [-0.25, -0.2) is 5.43 Å². The van der Waals surface area contributed by atoms with Crippen molar-refractivity contribution in [3.63, 3.8) is 0 Å². The largest absolute Gasteiger partial charge is 1.00 e. The molecule has 2 aromatic heterocycles. The Morgan fingerprint density at radius 2 is 2.44 bits per heavy atom. The molecule has 0 bridgehead atoms. The minimum Gasteiger partial charge on any atom is -1.00 e.